The van der Waals surface area contributed by atoms with Gasteiger partial charge in [0.1, 0.15) is 17.2 Å². The number of nitrogens with one attached hydrogen (secondary N) is 3. The van der Waals surface area contributed by atoms with E-state index in [1.165, 1.54) is 37.6 Å². The van der Waals surface area contributed by atoms with Crippen molar-refractivity contribution < 1.29 is 37.0 Å². The predicted octanol–water partition coefficient (Wildman–Crippen LogP) is 7.54. The van der Waals surface area contributed by atoms with E-state index in [4.69, 9.17) is 21.1 Å². The molecule has 0 fully saturated rings. The van der Waals surface area contributed by atoms with Gasteiger partial charge in [-0.15, -0.1) is 0 Å². The summed E-state index contributed by atoms with van der Waals surface area (Å²) in [6, 6.07) is 11.5. The summed E-state index contributed by atoms with van der Waals surface area (Å²) in [7, 11) is 1.34. The van der Waals surface area contributed by atoms with Crippen LogP contribution in [-0.4, -0.2) is 36.5 Å². The van der Waals surface area contributed by atoms with Crippen molar-refractivity contribution in [2.24, 2.45) is 10.8 Å². The van der Waals surface area contributed by atoms with Gasteiger partial charge in [0, 0.05) is 30.2 Å². The van der Waals surface area contributed by atoms with Gasteiger partial charge in [-0.2, -0.15) is 13.2 Å². The van der Waals surface area contributed by atoms with Gasteiger partial charge in [-0.25, -0.2) is 4.79 Å². The zero-order valence-corrected chi connectivity index (χ0v) is 24.9. The van der Waals surface area contributed by atoms with Crippen LogP contribution in [0.3, 0.4) is 0 Å². The van der Waals surface area contributed by atoms with Crippen LogP contribution in [0.4, 0.5) is 29.3 Å². The van der Waals surface area contributed by atoms with Crippen molar-refractivity contribution in [3.63, 3.8) is 0 Å². The fourth-order valence-electron chi connectivity index (χ4n) is 4.47. The smallest absolute Gasteiger partial charge is 0.417 e. The number of carbonyl (C=O) groups excluding carboxylic acids is 3. The molecule has 3 aromatic rings. The number of esters is 1. The van der Waals surface area contributed by atoms with Crippen molar-refractivity contribution in [2.75, 3.05) is 24.3 Å². The van der Waals surface area contributed by atoms with Gasteiger partial charge in [0.05, 0.1) is 23.1 Å². The van der Waals surface area contributed by atoms with Crippen molar-refractivity contribution in [1.29, 1.82) is 0 Å². The van der Waals surface area contributed by atoms with E-state index in [0.717, 1.165) is 12.1 Å². The summed E-state index contributed by atoms with van der Waals surface area (Å²) in [5, 5.41) is 7.23. The Hall–Kier alpha value is -4.32. The minimum Gasteiger partial charge on any atom is -0.469 e. The second-order valence-electron chi connectivity index (χ2n) is 11.2. The first kappa shape index (κ1) is 33.2. The molecule has 0 spiro atoms. The van der Waals surface area contributed by atoms with E-state index in [9.17, 15) is 27.6 Å². The zero-order valence-electron chi connectivity index (χ0n) is 24.2. The predicted molar refractivity (Wildman–Crippen MR) is 156 cm³/mol. The summed E-state index contributed by atoms with van der Waals surface area (Å²) in [5.41, 5.74) is -1.79. The summed E-state index contributed by atoms with van der Waals surface area (Å²) in [6.07, 6.45) is -2.76. The minimum atomic E-state index is -4.67. The van der Waals surface area contributed by atoms with E-state index in [1.807, 2.05) is 13.8 Å². The molecule has 1 heterocycles. The van der Waals surface area contributed by atoms with Crippen LogP contribution in [0.2, 0.25) is 5.02 Å². The van der Waals surface area contributed by atoms with Crippen LogP contribution >= 0.6 is 11.6 Å². The Kier molecular flexibility index (Phi) is 10.3. The van der Waals surface area contributed by atoms with E-state index in [-0.39, 0.29) is 17.4 Å². The van der Waals surface area contributed by atoms with E-state index in [2.05, 4.69) is 20.9 Å². The Morgan fingerprint density at radius 1 is 0.884 bits per heavy atom. The third-order valence-corrected chi connectivity index (χ3v) is 6.56. The number of hydrogen-bond acceptors (Lipinski definition) is 6. The summed E-state index contributed by atoms with van der Waals surface area (Å²) in [5.74, 6) is -0.00972. The number of urea groups is 1. The molecule has 43 heavy (non-hydrogen) atoms. The van der Waals surface area contributed by atoms with Crippen LogP contribution in [0.15, 0.2) is 60.8 Å². The standard InChI is InChI=1S/C30H32ClF3N4O5/c1-28(2,16-29(3,4)26(40)42-5)17-36-25(39)24-15-21(12-13-35-24)43-20-9-6-18(7-10-20)37-27(41)38-19-8-11-23(31)22(14-19)30(32,33)34/h6-15H,16-17H2,1-5H3,(H,36,39)(H2,37,38,41). The number of anilines is 2. The molecule has 2 aromatic carbocycles. The lowest BCUT2D eigenvalue weighted by molar-refractivity contribution is -0.152. The molecule has 9 nitrogen and oxygen atoms in total. The van der Waals surface area contributed by atoms with E-state index in [0.29, 0.717) is 30.2 Å². The number of nitrogens with zero attached hydrogens (tertiary/aromatic N) is 1. The number of pyridine rings is 1. The molecular formula is C30H32ClF3N4O5. The van der Waals surface area contributed by atoms with Crippen LogP contribution in [-0.2, 0) is 15.7 Å². The van der Waals surface area contributed by atoms with Crippen LogP contribution < -0.4 is 20.7 Å². The first-order valence-electron chi connectivity index (χ1n) is 13.0. The molecule has 0 aliphatic heterocycles. The maximum absolute atomic E-state index is 13.1. The average Bonchev–Trinajstić information content (AvgIpc) is 2.92. The van der Waals surface area contributed by atoms with Crippen molar-refractivity contribution in [3.05, 3.63) is 77.1 Å². The van der Waals surface area contributed by atoms with Gasteiger partial charge in [-0.3, -0.25) is 14.6 Å². The number of rotatable bonds is 10. The Morgan fingerprint density at radius 3 is 2.14 bits per heavy atom. The second kappa shape index (κ2) is 13.3. The Bertz CT molecular complexity index is 1480. The molecule has 0 unspecified atom stereocenters. The van der Waals surface area contributed by atoms with E-state index < -0.39 is 39.5 Å². The molecule has 0 atom stereocenters. The molecule has 0 bridgehead atoms. The van der Waals surface area contributed by atoms with Crippen LogP contribution in [0.5, 0.6) is 11.5 Å². The normalized spacial score (nSPS) is 11.8. The molecule has 1 aromatic heterocycles. The number of aromatic nitrogens is 1. The van der Waals surface area contributed by atoms with E-state index >= 15 is 0 Å². The van der Waals surface area contributed by atoms with Gasteiger partial charge in [-0.05, 0) is 74.2 Å². The summed E-state index contributed by atoms with van der Waals surface area (Å²) in [6.45, 7) is 7.75. The fourth-order valence-corrected chi connectivity index (χ4v) is 4.70. The van der Waals surface area contributed by atoms with Crippen LogP contribution in [0.1, 0.15) is 50.2 Å². The molecule has 3 N–H and O–H groups in total. The third kappa shape index (κ3) is 9.60. The molecule has 0 aliphatic carbocycles. The highest BCUT2D eigenvalue weighted by Crippen LogP contribution is 2.36. The molecule has 0 radical (unpaired) electrons. The van der Waals surface area contributed by atoms with Crippen molar-refractivity contribution >= 4 is 40.9 Å². The highest BCUT2D eigenvalue weighted by atomic mass is 35.5. The monoisotopic (exact) mass is 620 g/mol. The van der Waals surface area contributed by atoms with Gasteiger partial charge in [-0.1, -0.05) is 25.4 Å². The molecule has 13 heteroatoms. The highest BCUT2D eigenvalue weighted by Gasteiger charge is 2.36. The maximum Gasteiger partial charge on any atom is 0.417 e. The van der Waals surface area contributed by atoms with Crippen molar-refractivity contribution in [1.82, 2.24) is 10.3 Å². The Morgan fingerprint density at radius 2 is 1.51 bits per heavy atom. The Balaban J connectivity index is 1.57. The molecule has 3 rings (SSSR count). The van der Waals surface area contributed by atoms with Crippen molar-refractivity contribution in [2.45, 2.75) is 40.3 Å². The fraction of sp³-hybridized carbons (Fsp3) is 0.333. The second-order valence-corrected chi connectivity index (χ2v) is 11.6. The highest BCUT2D eigenvalue weighted by molar-refractivity contribution is 6.31. The molecule has 0 saturated heterocycles. The van der Waals surface area contributed by atoms with Gasteiger partial charge >= 0.3 is 18.2 Å². The van der Waals surface area contributed by atoms with Gasteiger partial charge in [0.15, 0.2) is 0 Å². The number of hydrogen-bond donors (Lipinski definition) is 3. The molecule has 230 valence electrons. The molecule has 3 amide bonds. The Labute approximate surface area is 252 Å². The first-order chi connectivity index (χ1) is 20.0. The summed E-state index contributed by atoms with van der Waals surface area (Å²) < 4.78 is 49.9. The average molecular weight is 621 g/mol. The SMILES string of the molecule is COC(=O)C(C)(C)CC(C)(C)CNC(=O)c1cc(Oc2ccc(NC(=O)Nc3ccc(Cl)c(C(F)(F)F)c3)cc2)ccn1. The van der Waals surface area contributed by atoms with Gasteiger partial charge in [0.2, 0.25) is 0 Å². The largest absolute Gasteiger partial charge is 0.469 e. The number of carbonyl (C=O) groups is 3. The van der Waals surface area contributed by atoms with Gasteiger partial charge in [0.25, 0.3) is 5.91 Å². The number of alkyl halides is 3. The number of ether oxygens (including phenoxy) is 2. The molecule has 0 saturated carbocycles. The molecular weight excluding hydrogens is 589 g/mol. The lowest BCUT2D eigenvalue weighted by Gasteiger charge is -2.33. The van der Waals surface area contributed by atoms with Crippen LogP contribution in [0.25, 0.3) is 0 Å². The number of benzene rings is 2. The summed E-state index contributed by atoms with van der Waals surface area (Å²) >= 11 is 5.61. The minimum absolute atomic E-state index is 0.0831. The topological polar surface area (TPSA) is 119 Å². The maximum atomic E-state index is 13.1. The van der Waals surface area contributed by atoms with Gasteiger partial charge < -0.3 is 25.4 Å². The van der Waals surface area contributed by atoms with Crippen molar-refractivity contribution in [3.8, 4) is 11.5 Å². The lowest BCUT2D eigenvalue weighted by atomic mass is 9.75. The number of halogens is 4. The first-order valence-corrected chi connectivity index (χ1v) is 13.4. The molecule has 0 aliphatic rings. The zero-order chi connectivity index (χ0) is 32.0. The van der Waals surface area contributed by atoms with Crippen LogP contribution in [0, 0.1) is 10.8 Å². The number of methoxy groups -OCH3 is 1. The quantitative estimate of drug-likeness (QED) is 0.202. The third-order valence-electron chi connectivity index (χ3n) is 6.23. The lowest BCUT2D eigenvalue weighted by Crippen LogP contribution is -2.39. The number of amides is 3. The summed E-state index contributed by atoms with van der Waals surface area (Å²) in [4.78, 5) is 41.2. The van der Waals surface area contributed by atoms with E-state index in [1.54, 1.807) is 32.0 Å².